The van der Waals surface area contributed by atoms with Crippen molar-refractivity contribution >= 4 is 17.6 Å². The fourth-order valence-electron chi connectivity index (χ4n) is 1.72. The summed E-state index contributed by atoms with van der Waals surface area (Å²) >= 11 is 5.60. The molecule has 0 saturated heterocycles. The number of carboxylic acids is 1. The maximum atomic E-state index is 13.1. The van der Waals surface area contributed by atoms with E-state index in [4.69, 9.17) is 16.7 Å². The second-order valence-electron chi connectivity index (χ2n) is 3.52. The Labute approximate surface area is 89.5 Å². The molecule has 0 unspecified atom stereocenters. The molecule has 15 heavy (non-hydrogen) atoms. The lowest BCUT2D eigenvalue weighted by molar-refractivity contribution is -0.140. The molecule has 0 spiro atoms. The molecule has 1 aliphatic rings. The zero-order chi connectivity index (χ0) is 11.2. The normalized spacial score (nSPS) is 27.4. The van der Waals surface area contributed by atoms with Crippen LogP contribution in [0.15, 0.2) is 24.3 Å². The summed E-state index contributed by atoms with van der Waals surface area (Å²) in [6, 6.07) is 5.82. The minimum atomic E-state index is -3.14. The van der Waals surface area contributed by atoms with E-state index in [2.05, 4.69) is 0 Å². The van der Waals surface area contributed by atoms with Crippen LogP contribution in [0.4, 0.5) is 8.78 Å². The first-order chi connectivity index (χ1) is 6.94. The van der Waals surface area contributed by atoms with E-state index in [1.54, 1.807) is 0 Å². The minimum absolute atomic E-state index is 0.316. The topological polar surface area (TPSA) is 37.3 Å². The fourth-order valence-corrected chi connectivity index (χ4v) is 1.84. The third-order valence-electron chi connectivity index (χ3n) is 2.55. The summed E-state index contributed by atoms with van der Waals surface area (Å²) in [6.45, 7) is 0. The van der Waals surface area contributed by atoms with Crippen molar-refractivity contribution in [3.8, 4) is 0 Å². The van der Waals surface area contributed by atoms with Crippen molar-refractivity contribution in [2.45, 2.75) is 11.8 Å². The maximum absolute atomic E-state index is 13.1. The van der Waals surface area contributed by atoms with E-state index < -0.39 is 23.7 Å². The Hall–Kier alpha value is -1.16. The summed E-state index contributed by atoms with van der Waals surface area (Å²) in [6.07, 6.45) is 0. The Morgan fingerprint density at radius 2 is 1.87 bits per heavy atom. The number of aliphatic carboxylic acids is 1. The Bertz CT molecular complexity index is 402. The lowest BCUT2D eigenvalue weighted by atomic mass is 10.1. The number of carbonyl (C=O) groups is 1. The zero-order valence-corrected chi connectivity index (χ0v) is 8.21. The third kappa shape index (κ3) is 1.59. The third-order valence-corrected chi connectivity index (χ3v) is 2.80. The Morgan fingerprint density at radius 1 is 1.33 bits per heavy atom. The summed E-state index contributed by atoms with van der Waals surface area (Å²) in [5, 5.41) is 9.01. The monoisotopic (exact) mass is 232 g/mol. The van der Waals surface area contributed by atoms with E-state index in [-0.39, 0.29) is 0 Å². The SMILES string of the molecule is O=C(O)[C@@H]1[C@H](c2ccc(Cl)cc2)C1(F)F. The molecule has 1 fully saturated rings. The van der Waals surface area contributed by atoms with E-state index in [1.165, 1.54) is 24.3 Å². The van der Waals surface area contributed by atoms with Crippen LogP contribution in [0.2, 0.25) is 5.02 Å². The van der Waals surface area contributed by atoms with Crippen LogP contribution in [0.5, 0.6) is 0 Å². The van der Waals surface area contributed by atoms with E-state index in [9.17, 15) is 13.6 Å². The van der Waals surface area contributed by atoms with E-state index in [0.29, 0.717) is 10.6 Å². The van der Waals surface area contributed by atoms with Gasteiger partial charge in [-0.2, -0.15) is 0 Å². The molecule has 1 aliphatic carbocycles. The van der Waals surface area contributed by atoms with Gasteiger partial charge < -0.3 is 5.11 Å². The Morgan fingerprint density at radius 3 is 2.27 bits per heavy atom. The van der Waals surface area contributed by atoms with Crippen molar-refractivity contribution in [1.82, 2.24) is 0 Å². The van der Waals surface area contributed by atoms with Gasteiger partial charge in [0.05, 0.1) is 5.92 Å². The molecular weight excluding hydrogens is 226 g/mol. The van der Waals surface area contributed by atoms with Gasteiger partial charge in [-0.3, -0.25) is 4.79 Å². The average Bonchev–Trinajstić information content (AvgIpc) is 2.70. The van der Waals surface area contributed by atoms with Gasteiger partial charge in [0.2, 0.25) is 0 Å². The molecule has 0 aliphatic heterocycles. The van der Waals surface area contributed by atoms with Crippen LogP contribution >= 0.6 is 11.6 Å². The van der Waals surface area contributed by atoms with Crippen molar-refractivity contribution < 1.29 is 18.7 Å². The predicted molar refractivity (Wildman–Crippen MR) is 50.3 cm³/mol. The molecule has 1 aromatic rings. The largest absolute Gasteiger partial charge is 0.481 e. The summed E-state index contributed by atoms with van der Waals surface area (Å²) < 4.78 is 26.2. The van der Waals surface area contributed by atoms with Crippen molar-refractivity contribution in [3.05, 3.63) is 34.9 Å². The molecule has 1 saturated carbocycles. The van der Waals surface area contributed by atoms with Gasteiger partial charge in [-0.25, -0.2) is 8.78 Å². The van der Waals surface area contributed by atoms with Gasteiger partial charge in [-0.05, 0) is 17.7 Å². The van der Waals surface area contributed by atoms with Gasteiger partial charge in [-0.15, -0.1) is 0 Å². The number of halogens is 3. The molecule has 1 aromatic carbocycles. The maximum Gasteiger partial charge on any atom is 0.313 e. The molecule has 0 aromatic heterocycles. The second-order valence-corrected chi connectivity index (χ2v) is 3.96. The number of benzene rings is 1. The number of rotatable bonds is 2. The summed E-state index contributed by atoms with van der Waals surface area (Å²) in [7, 11) is 0. The summed E-state index contributed by atoms with van der Waals surface area (Å²) in [4.78, 5) is 10.5. The minimum Gasteiger partial charge on any atom is -0.481 e. The van der Waals surface area contributed by atoms with Crippen molar-refractivity contribution in [2.24, 2.45) is 5.92 Å². The van der Waals surface area contributed by atoms with Crippen LogP contribution in [0, 0.1) is 5.92 Å². The molecule has 0 bridgehead atoms. The van der Waals surface area contributed by atoms with Crippen LogP contribution in [-0.2, 0) is 4.79 Å². The molecule has 1 N–H and O–H groups in total. The van der Waals surface area contributed by atoms with Crippen LogP contribution < -0.4 is 0 Å². The first-order valence-electron chi connectivity index (χ1n) is 4.30. The van der Waals surface area contributed by atoms with E-state index >= 15 is 0 Å². The van der Waals surface area contributed by atoms with Crippen LogP contribution in [0.3, 0.4) is 0 Å². The van der Waals surface area contributed by atoms with E-state index in [0.717, 1.165) is 0 Å². The molecule has 0 heterocycles. The molecular formula is C10H7ClF2O2. The highest BCUT2D eigenvalue weighted by atomic mass is 35.5. The first-order valence-corrected chi connectivity index (χ1v) is 4.68. The van der Waals surface area contributed by atoms with Gasteiger partial charge in [0.15, 0.2) is 0 Å². The number of hydrogen-bond acceptors (Lipinski definition) is 1. The first kappa shape index (κ1) is 10.4. The van der Waals surface area contributed by atoms with Crippen LogP contribution in [0.1, 0.15) is 11.5 Å². The summed E-state index contributed by atoms with van der Waals surface area (Å²) in [5.74, 6) is -7.41. The van der Waals surface area contributed by atoms with E-state index in [1.807, 2.05) is 0 Å². The van der Waals surface area contributed by atoms with Gasteiger partial charge in [0.25, 0.3) is 5.92 Å². The highest BCUT2D eigenvalue weighted by Gasteiger charge is 2.72. The quantitative estimate of drug-likeness (QED) is 0.851. The van der Waals surface area contributed by atoms with Gasteiger partial charge in [0.1, 0.15) is 5.92 Å². The van der Waals surface area contributed by atoms with Crippen molar-refractivity contribution in [1.29, 1.82) is 0 Å². The molecule has 2 atom stereocenters. The standard InChI is InChI=1S/C10H7ClF2O2/c11-6-3-1-5(2-4-6)7-8(9(14)15)10(7,12)13/h1-4,7-8H,(H,14,15)/t7-,8-/m0/s1. The highest BCUT2D eigenvalue weighted by Crippen LogP contribution is 2.61. The van der Waals surface area contributed by atoms with Gasteiger partial charge >= 0.3 is 5.97 Å². The number of carboxylic acid groups (broad SMARTS) is 1. The smallest absolute Gasteiger partial charge is 0.313 e. The highest BCUT2D eigenvalue weighted by molar-refractivity contribution is 6.30. The predicted octanol–water partition coefficient (Wildman–Crippen LogP) is 2.77. The van der Waals surface area contributed by atoms with Crippen molar-refractivity contribution in [3.63, 3.8) is 0 Å². The van der Waals surface area contributed by atoms with Crippen LogP contribution in [-0.4, -0.2) is 17.0 Å². The number of alkyl halides is 2. The zero-order valence-electron chi connectivity index (χ0n) is 7.45. The molecule has 5 heteroatoms. The van der Waals surface area contributed by atoms with Gasteiger partial charge in [0, 0.05) is 5.02 Å². The second kappa shape index (κ2) is 3.17. The van der Waals surface area contributed by atoms with Gasteiger partial charge in [-0.1, -0.05) is 23.7 Å². The Kier molecular flexibility index (Phi) is 2.19. The fraction of sp³-hybridized carbons (Fsp3) is 0.300. The number of hydrogen-bond donors (Lipinski definition) is 1. The molecule has 0 radical (unpaired) electrons. The average molecular weight is 233 g/mol. The Balaban J connectivity index is 2.27. The van der Waals surface area contributed by atoms with Crippen LogP contribution in [0.25, 0.3) is 0 Å². The lowest BCUT2D eigenvalue weighted by Gasteiger charge is -1.97. The molecule has 2 nitrogen and oxygen atoms in total. The lowest BCUT2D eigenvalue weighted by Crippen LogP contribution is -2.04. The van der Waals surface area contributed by atoms with Crippen molar-refractivity contribution in [2.75, 3.05) is 0 Å². The molecule has 80 valence electrons. The molecule has 2 rings (SSSR count). The summed E-state index contributed by atoms with van der Waals surface area (Å²) in [5.41, 5.74) is 0.316. The molecule has 0 amide bonds.